The minimum Gasteiger partial charge on any atom is -0.461 e. The molecule has 11 heteroatoms. The average molecular weight is 616 g/mol. The first kappa shape index (κ1) is 38.1. The lowest BCUT2D eigenvalue weighted by Gasteiger charge is -2.40. The number of carbonyl (C=O) groups is 4. The Morgan fingerprint density at radius 3 is 2.02 bits per heavy atom. The van der Waals surface area contributed by atoms with Crippen LogP contribution in [0.5, 0.6) is 5.75 Å². The second kappa shape index (κ2) is 19.3. The number of carbonyl (C=O) groups excluding carboxylic acids is 4. The van der Waals surface area contributed by atoms with E-state index in [1.54, 1.807) is 38.5 Å². The summed E-state index contributed by atoms with van der Waals surface area (Å²) in [7, 11) is 3.25. The van der Waals surface area contributed by atoms with Gasteiger partial charge in [-0.25, -0.2) is 9.59 Å². The molecular weight excluding hydrogens is 566 g/mol. The quantitative estimate of drug-likeness (QED) is 0.303. The summed E-state index contributed by atoms with van der Waals surface area (Å²) in [6.07, 6.45) is 0.680. The van der Waals surface area contributed by atoms with Gasteiger partial charge in [0, 0.05) is 33.9 Å². The molecule has 1 heterocycles. The second-order valence-corrected chi connectivity index (χ2v) is 12.1. The molecule has 3 rings (SSSR count). The van der Waals surface area contributed by atoms with E-state index in [1.165, 1.54) is 4.90 Å². The van der Waals surface area contributed by atoms with Crippen molar-refractivity contribution in [1.82, 2.24) is 9.80 Å². The lowest BCUT2D eigenvalue weighted by Crippen LogP contribution is -2.57. The highest BCUT2D eigenvalue weighted by Crippen LogP contribution is 2.27. The van der Waals surface area contributed by atoms with Crippen LogP contribution in [-0.2, 0) is 30.4 Å². The fourth-order valence-corrected chi connectivity index (χ4v) is 4.07. The fraction of sp³-hybridized carbons (Fsp3) is 0.515. The number of esters is 1. The molecule has 0 bridgehead atoms. The summed E-state index contributed by atoms with van der Waals surface area (Å²) in [4.78, 5) is 50.1. The Labute approximate surface area is 261 Å². The van der Waals surface area contributed by atoms with Crippen LogP contribution in [0.3, 0.4) is 0 Å². The largest absolute Gasteiger partial charge is 0.461 e. The van der Waals surface area contributed by atoms with E-state index in [4.69, 9.17) is 15.2 Å². The van der Waals surface area contributed by atoms with Crippen molar-refractivity contribution in [2.45, 2.75) is 65.7 Å². The molecule has 1 saturated heterocycles. The molecule has 44 heavy (non-hydrogen) atoms. The molecule has 1 unspecified atom stereocenters. The van der Waals surface area contributed by atoms with Crippen LogP contribution in [0.1, 0.15) is 53.0 Å². The first-order valence-electron chi connectivity index (χ1n) is 14.5. The molecule has 1 atom stereocenters. The van der Waals surface area contributed by atoms with E-state index in [0.717, 1.165) is 24.8 Å². The molecule has 0 spiro atoms. The highest BCUT2D eigenvalue weighted by atomic mass is 16.6. The van der Waals surface area contributed by atoms with Crippen molar-refractivity contribution in [2.24, 2.45) is 11.1 Å². The van der Waals surface area contributed by atoms with Crippen molar-refractivity contribution in [3.8, 4) is 5.75 Å². The van der Waals surface area contributed by atoms with Crippen molar-refractivity contribution >= 4 is 24.4 Å². The maximum absolute atomic E-state index is 12.4. The van der Waals surface area contributed by atoms with Crippen LogP contribution >= 0.6 is 0 Å². The summed E-state index contributed by atoms with van der Waals surface area (Å²) in [6.45, 7) is 12.1. The number of para-hydroxylation sites is 1. The minimum absolute atomic E-state index is 0.214. The first-order chi connectivity index (χ1) is 20.7. The van der Waals surface area contributed by atoms with Crippen molar-refractivity contribution in [3.05, 3.63) is 66.2 Å². The van der Waals surface area contributed by atoms with Gasteiger partial charge < -0.3 is 29.5 Å². The van der Waals surface area contributed by atoms with Crippen LogP contribution in [0, 0.1) is 5.41 Å². The molecule has 244 valence electrons. The number of aldehydes is 1. The van der Waals surface area contributed by atoms with Crippen LogP contribution in [-0.4, -0.2) is 86.3 Å². The lowest BCUT2D eigenvalue weighted by atomic mass is 9.85. The Bertz CT molecular complexity index is 1140. The summed E-state index contributed by atoms with van der Waals surface area (Å²) in [5, 5.41) is 0. The number of hydrogen-bond donors (Lipinski definition) is 1. The first-order valence-corrected chi connectivity index (χ1v) is 14.5. The van der Waals surface area contributed by atoms with Gasteiger partial charge in [0.1, 0.15) is 30.3 Å². The van der Waals surface area contributed by atoms with Crippen molar-refractivity contribution in [2.75, 3.05) is 40.4 Å². The molecule has 11 nitrogen and oxygen atoms in total. The average Bonchev–Trinajstić information content (AvgIpc) is 2.95. The van der Waals surface area contributed by atoms with E-state index in [2.05, 4.69) is 14.4 Å². The molecule has 0 radical (unpaired) electrons. The number of methoxy groups -OCH3 is 1. The smallest absolute Gasteiger partial charge is 0.410 e. The van der Waals surface area contributed by atoms with E-state index in [1.807, 2.05) is 71.0 Å². The van der Waals surface area contributed by atoms with Gasteiger partial charge in [-0.05, 0) is 56.8 Å². The van der Waals surface area contributed by atoms with E-state index in [0.29, 0.717) is 31.8 Å². The van der Waals surface area contributed by atoms with E-state index >= 15 is 0 Å². The third-order valence-electron chi connectivity index (χ3n) is 6.22. The summed E-state index contributed by atoms with van der Waals surface area (Å²) >= 11 is 0. The number of primary amides is 1. The van der Waals surface area contributed by atoms with Gasteiger partial charge in [0.05, 0.1) is 6.42 Å². The standard InChI is InChI=1S/C24H36N2O5.C7H7NO2.C2H6O/c1-23(2,3)31-22(29)26-14-13-25(16-20(26)17-27)12-11-24(4,5)15-21(28)30-18-19-9-7-6-8-10-19;8-7(9)10-6-4-2-1-3-5-6;1-3-2/h6-10,17,20H,11-16,18H2,1-5H3;1-5H,(H2,8,9);1-2H3. The number of rotatable bonds is 9. The van der Waals surface area contributed by atoms with E-state index in [9.17, 15) is 19.2 Å². The van der Waals surface area contributed by atoms with Gasteiger partial charge in [0.2, 0.25) is 0 Å². The molecule has 1 aliphatic rings. The zero-order valence-electron chi connectivity index (χ0n) is 27.1. The molecule has 2 N–H and O–H groups in total. The van der Waals surface area contributed by atoms with Crippen molar-refractivity contribution in [3.63, 3.8) is 0 Å². The second-order valence-electron chi connectivity index (χ2n) is 12.1. The van der Waals surface area contributed by atoms with Gasteiger partial charge in [0.15, 0.2) is 0 Å². The molecule has 1 aliphatic heterocycles. The van der Waals surface area contributed by atoms with E-state index in [-0.39, 0.29) is 18.0 Å². The Hall–Kier alpha value is -3.96. The number of ether oxygens (including phenoxy) is 4. The van der Waals surface area contributed by atoms with Crippen molar-refractivity contribution in [1.29, 1.82) is 0 Å². The molecule has 2 amide bonds. The molecule has 2 aromatic carbocycles. The number of hydrogen-bond acceptors (Lipinski definition) is 9. The Kier molecular flexibility index (Phi) is 16.7. The van der Waals surface area contributed by atoms with Gasteiger partial charge in [0.25, 0.3) is 0 Å². The van der Waals surface area contributed by atoms with E-state index < -0.39 is 23.8 Å². The Morgan fingerprint density at radius 1 is 0.932 bits per heavy atom. The SMILES string of the molecule is CC(C)(CCN1CCN(C(=O)OC(C)(C)C)C(C=O)C1)CC(=O)OCc1ccccc1.COC.NC(=O)Oc1ccccc1. The van der Waals surface area contributed by atoms with Gasteiger partial charge in [-0.2, -0.15) is 0 Å². The van der Waals surface area contributed by atoms with Crippen LogP contribution in [0.15, 0.2) is 60.7 Å². The minimum atomic E-state index is -0.786. The number of piperazine rings is 1. The molecule has 2 aromatic rings. The topological polar surface area (TPSA) is 138 Å². The third-order valence-corrected chi connectivity index (χ3v) is 6.22. The highest BCUT2D eigenvalue weighted by Gasteiger charge is 2.34. The predicted octanol–water partition coefficient (Wildman–Crippen LogP) is 5.06. The molecule has 0 saturated carbocycles. The normalized spacial score (nSPS) is 15.0. The Morgan fingerprint density at radius 2 is 1.50 bits per heavy atom. The van der Waals surface area contributed by atoms with Gasteiger partial charge in [-0.1, -0.05) is 62.4 Å². The Balaban J connectivity index is 0.000000617. The monoisotopic (exact) mass is 615 g/mol. The molecular formula is C33H49N3O8. The van der Waals surface area contributed by atoms with Crippen molar-refractivity contribution < 1.29 is 38.1 Å². The summed E-state index contributed by atoms with van der Waals surface area (Å²) in [6, 6.07) is 17.8. The van der Waals surface area contributed by atoms with Crippen LogP contribution < -0.4 is 10.5 Å². The molecule has 0 aliphatic carbocycles. The number of benzene rings is 2. The molecule has 0 aromatic heterocycles. The van der Waals surface area contributed by atoms with Crippen LogP contribution in [0.25, 0.3) is 0 Å². The highest BCUT2D eigenvalue weighted by molar-refractivity contribution is 5.74. The third kappa shape index (κ3) is 16.6. The number of nitrogens with two attached hydrogens (primary N) is 1. The summed E-state index contributed by atoms with van der Waals surface area (Å²) < 4.78 is 19.6. The van der Waals surface area contributed by atoms with Crippen LogP contribution in [0.4, 0.5) is 9.59 Å². The maximum atomic E-state index is 12.4. The summed E-state index contributed by atoms with van der Waals surface area (Å²) in [5.74, 6) is 0.254. The zero-order chi connectivity index (χ0) is 33.2. The number of amides is 2. The predicted molar refractivity (Wildman–Crippen MR) is 168 cm³/mol. The lowest BCUT2D eigenvalue weighted by molar-refractivity contribution is -0.147. The van der Waals surface area contributed by atoms with Crippen LogP contribution in [0.2, 0.25) is 0 Å². The van der Waals surface area contributed by atoms with Gasteiger partial charge in [-0.3, -0.25) is 14.6 Å². The maximum Gasteiger partial charge on any atom is 0.410 e. The molecule has 1 fully saturated rings. The zero-order valence-corrected chi connectivity index (χ0v) is 27.1. The fourth-order valence-electron chi connectivity index (χ4n) is 4.07. The summed E-state index contributed by atoms with van der Waals surface area (Å²) in [5.41, 5.74) is 4.91. The van der Waals surface area contributed by atoms with Gasteiger partial charge in [-0.15, -0.1) is 0 Å². The number of nitrogens with zero attached hydrogens (tertiary/aromatic N) is 2. The van der Waals surface area contributed by atoms with Gasteiger partial charge >= 0.3 is 18.2 Å².